The number of ether oxygens (including phenoxy) is 1. The quantitative estimate of drug-likeness (QED) is 0.897. The van der Waals surface area contributed by atoms with E-state index in [1.54, 1.807) is 0 Å². The molecule has 2 rings (SSSR count). The highest BCUT2D eigenvalue weighted by Crippen LogP contribution is 2.37. The molecule has 0 aliphatic heterocycles. The topological polar surface area (TPSA) is 21.3 Å². The first kappa shape index (κ1) is 13.7. The number of hydrogen-bond acceptors (Lipinski definition) is 2. The summed E-state index contributed by atoms with van der Waals surface area (Å²) in [6.45, 7) is 4.63. The van der Waals surface area contributed by atoms with E-state index in [0.717, 1.165) is 17.2 Å². The Kier molecular flexibility index (Phi) is 4.18. The van der Waals surface area contributed by atoms with Crippen molar-refractivity contribution in [3.63, 3.8) is 0 Å². The highest BCUT2D eigenvalue weighted by Gasteiger charge is 2.35. The van der Waals surface area contributed by atoms with Crippen molar-refractivity contribution >= 4 is 11.6 Å². The molecule has 1 N–H and O–H groups in total. The predicted molar refractivity (Wildman–Crippen MR) is 76.3 cm³/mol. The molecule has 2 nitrogen and oxygen atoms in total. The van der Waals surface area contributed by atoms with E-state index in [-0.39, 0.29) is 6.10 Å². The van der Waals surface area contributed by atoms with Gasteiger partial charge in [-0.15, -0.1) is 0 Å². The smallest absolute Gasteiger partial charge is 0.119 e. The van der Waals surface area contributed by atoms with E-state index in [9.17, 15) is 0 Å². The van der Waals surface area contributed by atoms with Gasteiger partial charge in [-0.05, 0) is 56.0 Å². The summed E-state index contributed by atoms with van der Waals surface area (Å²) in [5.41, 5.74) is 0.366. The number of likely N-dealkylation sites (N-methyl/N-ethyl adjacent to an activating group) is 1. The standard InChI is InChI=1S/C15H22ClNO/c1-15(2)9-8-13(17-3)14(10-15)18-12-6-4-11(16)5-7-12/h4-7,13-14,17H,8-10H2,1-3H3. The SMILES string of the molecule is CNC1CCC(C)(C)CC1Oc1ccc(Cl)cc1. The van der Waals surface area contributed by atoms with Crippen LogP contribution in [0.25, 0.3) is 0 Å². The minimum absolute atomic E-state index is 0.236. The molecule has 18 heavy (non-hydrogen) atoms. The van der Waals surface area contributed by atoms with Gasteiger partial charge >= 0.3 is 0 Å². The van der Waals surface area contributed by atoms with Gasteiger partial charge in [0.05, 0.1) is 0 Å². The molecule has 0 bridgehead atoms. The lowest BCUT2D eigenvalue weighted by atomic mass is 9.74. The van der Waals surface area contributed by atoms with Crippen LogP contribution in [0.2, 0.25) is 5.02 Å². The van der Waals surface area contributed by atoms with Crippen molar-refractivity contribution < 1.29 is 4.74 Å². The molecule has 0 saturated heterocycles. The van der Waals surface area contributed by atoms with Crippen LogP contribution in [0.5, 0.6) is 5.75 Å². The molecular formula is C15H22ClNO. The maximum Gasteiger partial charge on any atom is 0.119 e. The maximum absolute atomic E-state index is 6.13. The first-order valence-corrected chi connectivity index (χ1v) is 6.97. The van der Waals surface area contributed by atoms with Crippen LogP contribution in [-0.2, 0) is 0 Å². The van der Waals surface area contributed by atoms with E-state index in [4.69, 9.17) is 16.3 Å². The number of hydrogen-bond donors (Lipinski definition) is 1. The molecule has 1 aliphatic carbocycles. The Bertz CT molecular complexity index is 388. The molecule has 3 heteroatoms. The summed E-state index contributed by atoms with van der Waals surface area (Å²) in [7, 11) is 2.02. The average molecular weight is 268 g/mol. The van der Waals surface area contributed by atoms with Crippen molar-refractivity contribution in [2.45, 2.75) is 45.3 Å². The number of rotatable bonds is 3. The Morgan fingerprint density at radius 2 is 1.94 bits per heavy atom. The van der Waals surface area contributed by atoms with Crippen LogP contribution in [0.4, 0.5) is 0 Å². The first-order valence-electron chi connectivity index (χ1n) is 6.60. The van der Waals surface area contributed by atoms with Gasteiger partial charge in [0.2, 0.25) is 0 Å². The summed E-state index contributed by atoms with van der Waals surface area (Å²) in [6.07, 6.45) is 3.74. The Morgan fingerprint density at radius 3 is 2.56 bits per heavy atom. The molecule has 100 valence electrons. The van der Waals surface area contributed by atoms with Crippen molar-refractivity contribution in [3.8, 4) is 5.75 Å². The summed E-state index contributed by atoms with van der Waals surface area (Å²) in [4.78, 5) is 0. The summed E-state index contributed by atoms with van der Waals surface area (Å²) in [5, 5.41) is 4.12. The molecule has 1 aliphatic rings. The van der Waals surface area contributed by atoms with Crippen LogP contribution in [0, 0.1) is 5.41 Å². The van der Waals surface area contributed by atoms with E-state index in [1.807, 2.05) is 31.3 Å². The highest BCUT2D eigenvalue weighted by molar-refractivity contribution is 6.30. The lowest BCUT2D eigenvalue weighted by Gasteiger charge is -2.40. The van der Waals surface area contributed by atoms with E-state index in [1.165, 1.54) is 12.8 Å². The van der Waals surface area contributed by atoms with Gasteiger partial charge in [-0.2, -0.15) is 0 Å². The summed E-state index contributed by atoms with van der Waals surface area (Å²) in [6, 6.07) is 8.07. The van der Waals surface area contributed by atoms with Crippen molar-refractivity contribution in [1.82, 2.24) is 5.32 Å². The Labute approximate surface area is 115 Å². The molecule has 0 aromatic heterocycles. The lowest BCUT2D eigenvalue weighted by Crippen LogP contribution is -2.47. The molecule has 0 amide bonds. The Morgan fingerprint density at radius 1 is 1.28 bits per heavy atom. The molecule has 0 radical (unpaired) electrons. The zero-order valence-electron chi connectivity index (χ0n) is 11.4. The highest BCUT2D eigenvalue weighted by atomic mass is 35.5. The van der Waals surface area contributed by atoms with Gasteiger partial charge in [0.15, 0.2) is 0 Å². The van der Waals surface area contributed by atoms with Crippen molar-refractivity contribution in [2.24, 2.45) is 5.41 Å². The monoisotopic (exact) mass is 267 g/mol. The third-order valence-electron chi connectivity index (χ3n) is 3.81. The fourth-order valence-electron chi connectivity index (χ4n) is 2.66. The Balaban J connectivity index is 2.07. The first-order chi connectivity index (χ1) is 8.50. The van der Waals surface area contributed by atoms with Gasteiger partial charge < -0.3 is 10.1 Å². The normalized spacial score (nSPS) is 26.9. The summed E-state index contributed by atoms with van der Waals surface area (Å²) in [5.74, 6) is 0.905. The van der Waals surface area contributed by atoms with Gasteiger partial charge in [-0.1, -0.05) is 25.4 Å². The van der Waals surface area contributed by atoms with Crippen LogP contribution >= 0.6 is 11.6 Å². The lowest BCUT2D eigenvalue weighted by molar-refractivity contribution is 0.0559. The third kappa shape index (κ3) is 3.39. The minimum Gasteiger partial charge on any atom is -0.489 e. The number of benzene rings is 1. The fourth-order valence-corrected chi connectivity index (χ4v) is 2.79. The van der Waals surface area contributed by atoms with Gasteiger partial charge in [0.25, 0.3) is 0 Å². The van der Waals surface area contributed by atoms with Crippen LogP contribution in [0.1, 0.15) is 33.1 Å². The van der Waals surface area contributed by atoms with Gasteiger partial charge in [0.1, 0.15) is 11.9 Å². The van der Waals surface area contributed by atoms with E-state index < -0.39 is 0 Å². The predicted octanol–water partition coefficient (Wildman–Crippen LogP) is 3.89. The van der Waals surface area contributed by atoms with E-state index in [0.29, 0.717) is 11.5 Å². The molecule has 1 saturated carbocycles. The third-order valence-corrected chi connectivity index (χ3v) is 4.06. The molecule has 1 aromatic rings. The van der Waals surface area contributed by atoms with Gasteiger partial charge in [-0.25, -0.2) is 0 Å². The summed E-state index contributed by atoms with van der Waals surface area (Å²) < 4.78 is 6.13. The molecule has 0 spiro atoms. The van der Waals surface area contributed by atoms with Crippen molar-refractivity contribution in [3.05, 3.63) is 29.3 Å². The second-order valence-corrected chi connectivity index (χ2v) is 6.35. The molecule has 2 unspecified atom stereocenters. The number of nitrogens with one attached hydrogen (secondary N) is 1. The molecule has 1 fully saturated rings. The Hall–Kier alpha value is -0.730. The van der Waals surface area contributed by atoms with Crippen LogP contribution in [0.3, 0.4) is 0 Å². The zero-order chi connectivity index (χ0) is 13.2. The zero-order valence-corrected chi connectivity index (χ0v) is 12.1. The van der Waals surface area contributed by atoms with Crippen LogP contribution < -0.4 is 10.1 Å². The van der Waals surface area contributed by atoms with Crippen LogP contribution in [-0.4, -0.2) is 19.2 Å². The summed E-state index contributed by atoms with van der Waals surface area (Å²) >= 11 is 5.89. The molecular weight excluding hydrogens is 246 g/mol. The second-order valence-electron chi connectivity index (χ2n) is 5.91. The van der Waals surface area contributed by atoms with E-state index >= 15 is 0 Å². The second kappa shape index (κ2) is 5.50. The fraction of sp³-hybridized carbons (Fsp3) is 0.600. The van der Waals surface area contributed by atoms with Crippen LogP contribution in [0.15, 0.2) is 24.3 Å². The minimum atomic E-state index is 0.236. The number of halogens is 1. The molecule has 0 heterocycles. The van der Waals surface area contributed by atoms with Crippen molar-refractivity contribution in [1.29, 1.82) is 0 Å². The molecule has 1 aromatic carbocycles. The average Bonchev–Trinajstić information content (AvgIpc) is 2.31. The van der Waals surface area contributed by atoms with Gasteiger partial charge in [-0.3, -0.25) is 0 Å². The molecule has 2 atom stereocenters. The largest absolute Gasteiger partial charge is 0.489 e. The van der Waals surface area contributed by atoms with Gasteiger partial charge in [0, 0.05) is 11.1 Å². The van der Waals surface area contributed by atoms with Crippen molar-refractivity contribution in [2.75, 3.05) is 7.05 Å². The maximum atomic E-state index is 6.13. The van der Waals surface area contributed by atoms with E-state index in [2.05, 4.69) is 19.2 Å².